The van der Waals surface area contributed by atoms with Crippen LogP contribution in [0.3, 0.4) is 0 Å². The molecule has 1 fully saturated rings. The van der Waals surface area contributed by atoms with Gasteiger partial charge in [-0.3, -0.25) is 4.79 Å². The normalized spacial score (nSPS) is 16.2. The highest BCUT2D eigenvalue weighted by molar-refractivity contribution is 9.10. The molecule has 0 aliphatic carbocycles. The number of rotatable bonds is 5. The summed E-state index contributed by atoms with van der Waals surface area (Å²) < 4.78 is 40.6. The SMILES string of the molecule is O=C(NCc1cccc(Br)c1)C1CCN(S(=O)(=O)c2ccc(F)cc2)CC1. The van der Waals surface area contributed by atoms with Gasteiger partial charge in [0.15, 0.2) is 0 Å². The van der Waals surface area contributed by atoms with Gasteiger partial charge in [-0.2, -0.15) is 4.31 Å². The quantitative estimate of drug-likeness (QED) is 0.753. The molecule has 1 amide bonds. The highest BCUT2D eigenvalue weighted by atomic mass is 79.9. The summed E-state index contributed by atoms with van der Waals surface area (Å²) in [6.45, 7) is 0.982. The zero-order chi connectivity index (χ0) is 19.4. The fourth-order valence-corrected chi connectivity index (χ4v) is 5.01. The number of sulfonamides is 1. The van der Waals surface area contributed by atoms with Crippen LogP contribution in [0.2, 0.25) is 0 Å². The summed E-state index contributed by atoms with van der Waals surface area (Å²) in [5.41, 5.74) is 0.994. The van der Waals surface area contributed by atoms with E-state index < -0.39 is 15.8 Å². The largest absolute Gasteiger partial charge is 0.352 e. The summed E-state index contributed by atoms with van der Waals surface area (Å²) in [6.07, 6.45) is 0.926. The molecule has 27 heavy (non-hydrogen) atoms. The number of halogens is 2. The summed E-state index contributed by atoms with van der Waals surface area (Å²) in [4.78, 5) is 12.5. The number of carbonyl (C=O) groups is 1. The van der Waals surface area contributed by atoms with Gasteiger partial charge in [0.2, 0.25) is 15.9 Å². The van der Waals surface area contributed by atoms with Crippen LogP contribution in [-0.2, 0) is 21.4 Å². The van der Waals surface area contributed by atoms with Gasteiger partial charge in [0.25, 0.3) is 0 Å². The van der Waals surface area contributed by atoms with Crippen molar-refractivity contribution >= 4 is 31.9 Å². The molecule has 1 saturated heterocycles. The molecule has 0 bridgehead atoms. The third-order valence-electron chi connectivity index (χ3n) is 4.63. The van der Waals surface area contributed by atoms with E-state index in [1.54, 1.807) is 0 Å². The first-order valence-corrected chi connectivity index (χ1v) is 10.9. The van der Waals surface area contributed by atoms with Crippen molar-refractivity contribution in [3.63, 3.8) is 0 Å². The standard InChI is InChI=1S/C19H20BrFN2O3S/c20-16-3-1-2-14(12-16)13-22-19(24)15-8-10-23(11-9-15)27(25,26)18-6-4-17(21)5-7-18/h1-7,12,15H,8-11,13H2,(H,22,24). The van der Waals surface area contributed by atoms with Crippen LogP contribution >= 0.6 is 15.9 Å². The Bertz CT molecular complexity index is 911. The van der Waals surface area contributed by atoms with Crippen molar-refractivity contribution in [1.29, 1.82) is 0 Å². The number of hydrogen-bond donors (Lipinski definition) is 1. The van der Waals surface area contributed by atoms with E-state index in [1.165, 1.54) is 16.4 Å². The van der Waals surface area contributed by atoms with Crippen molar-refractivity contribution < 1.29 is 17.6 Å². The van der Waals surface area contributed by atoms with Gasteiger partial charge in [-0.1, -0.05) is 28.1 Å². The van der Waals surface area contributed by atoms with Crippen LogP contribution < -0.4 is 5.32 Å². The van der Waals surface area contributed by atoms with Gasteiger partial charge >= 0.3 is 0 Å². The van der Waals surface area contributed by atoms with Gasteiger partial charge < -0.3 is 5.32 Å². The molecule has 0 spiro atoms. The van der Waals surface area contributed by atoms with E-state index in [4.69, 9.17) is 0 Å². The number of hydrogen-bond acceptors (Lipinski definition) is 3. The fraction of sp³-hybridized carbons (Fsp3) is 0.316. The Morgan fingerprint density at radius 1 is 1.15 bits per heavy atom. The average molecular weight is 455 g/mol. The van der Waals surface area contributed by atoms with E-state index in [1.807, 2.05) is 24.3 Å². The number of nitrogens with zero attached hydrogens (tertiary/aromatic N) is 1. The fourth-order valence-electron chi connectivity index (χ4n) is 3.09. The molecule has 0 atom stereocenters. The molecule has 1 aliphatic rings. The zero-order valence-electron chi connectivity index (χ0n) is 14.6. The third-order valence-corrected chi connectivity index (χ3v) is 7.04. The van der Waals surface area contributed by atoms with E-state index >= 15 is 0 Å². The minimum absolute atomic E-state index is 0.0613. The maximum atomic E-state index is 13.0. The first-order chi connectivity index (χ1) is 12.9. The molecule has 8 heteroatoms. The van der Waals surface area contributed by atoms with Crippen LogP contribution in [-0.4, -0.2) is 31.7 Å². The van der Waals surface area contributed by atoms with Crippen LogP contribution in [0.4, 0.5) is 4.39 Å². The molecule has 2 aromatic carbocycles. The number of carbonyl (C=O) groups excluding carboxylic acids is 1. The Kier molecular flexibility index (Phi) is 6.29. The number of amides is 1. The molecule has 0 saturated carbocycles. The van der Waals surface area contributed by atoms with E-state index in [0.29, 0.717) is 19.4 Å². The molecule has 3 rings (SSSR count). The predicted molar refractivity (Wildman–Crippen MR) is 104 cm³/mol. The summed E-state index contributed by atoms with van der Waals surface area (Å²) >= 11 is 3.40. The van der Waals surface area contributed by atoms with Crippen molar-refractivity contribution in [2.45, 2.75) is 24.3 Å². The Morgan fingerprint density at radius 2 is 1.81 bits per heavy atom. The predicted octanol–water partition coefficient (Wildman–Crippen LogP) is 3.31. The minimum atomic E-state index is -3.66. The lowest BCUT2D eigenvalue weighted by Crippen LogP contribution is -2.42. The summed E-state index contributed by atoms with van der Waals surface area (Å²) in [7, 11) is -3.66. The summed E-state index contributed by atoms with van der Waals surface area (Å²) in [5, 5.41) is 2.92. The lowest BCUT2D eigenvalue weighted by Gasteiger charge is -2.30. The van der Waals surface area contributed by atoms with Crippen LogP contribution in [0.25, 0.3) is 0 Å². The molecule has 0 radical (unpaired) electrons. The Hall–Kier alpha value is -1.77. The second-order valence-electron chi connectivity index (χ2n) is 6.48. The number of benzene rings is 2. The van der Waals surface area contributed by atoms with Crippen molar-refractivity contribution in [1.82, 2.24) is 9.62 Å². The van der Waals surface area contributed by atoms with Crippen molar-refractivity contribution in [2.75, 3.05) is 13.1 Å². The Balaban J connectivity index is 1.55. The van der Waals surface area contributed by atoms with Gasteiger partial charge in [-0.15, -0.1) is 0 Å². The van der Waals surface area contributed by atoms with Gasteiger partial charge in [-0.25, -0.2) is 12.8 Å². The second kappa shape index (κ2) is 8.50. The molecule has 2 aromatic rings. The maximum Gasteiger partial charge on any atom is 0.243 e. The monoisotopic (exact) mass is 454 g/mol. The molecular formula is C19H20BrFN2O3S. The lowest BCUT2D eigenvalue weighted by atomic mass is 9.97. The molecular weight excluding hydrogens is 435 g/mol. The molecule has 1 heterocycles. The van der Waals surface area contributed by atoms with E-state index in [9.17, 15) is 17.6 Å². The highest BCUT2D eigenvalue weighted by Gasteiger charge is 2.32. The highest BCUT2D eigenvalue weighted by Crippen LogP contribution is 2.24. The lowest BCUT2D eigenvalue weighted by molar-refractivity contribution is -0.126. The van der Waals surface area contributed by atoms with Crippen LogP contribution in [0.15, 0.2) is 57.9 Å². The van der Waals surface area contributed by atoms with Crippen LogP contribution in [0.5, 0.6) is 0 Å². The molecule has 0 aromatic heterocycles. The molecule has 0 unspecified atom stereocenters. The van der Waals surface area contributed by atoms with Crippen molar-refractivity contribution in [3.05, 3.63) is 64.4 Å². The zero-order valence-corrected chi connectivity index (χ0v) is 17.0. The average Bonchev–Trinajstić information content (AvgIpc) is 2.66. The van der Waals surface area contributed by atoms with Crippen LogP contribution in [0.1, 0.15) is 18.4 Å². The molecule has 1 N–H and O–H groups in total. The van der Waals surface area contributed by atoms with E-state index in [-0.39, 0.29) is 29.8 Å². The van der Waals surface area contributed by atoms with Crippen molar-refractivity contribution in [2.24, 2.45) is 5.92 Å². The van der Waals surface area contributed by atoms with Gasteiger partial charge in [0.05, 0.1) is 4.90 Å². The number of piperidine rings is 1. The van der Waals surface area contributed by atoms with Crippen LogP contribution in [0, 0.1) is 11.7 Å². The number of nitrogens with one attached hydrogen (secondary N) is 1. The first-order valence-electron chi connectivity index (χ1n) is 8.64. The van der Waals surface area contributed by atoms with E-state index in [2.05, 4.69) is 21.2 Å². The maximum absolute atomic E-state index is 13.0. The smallest absolute Gasteiger partial charge is 0.243 e. The first kappa shape index (κ1) is 20.0. The molecule has 1 aliphatic heterocycles. The summed E-state index contributed by atoms with van der Waals surface area (Å²) in [5.74, 6) is -0.750. The van der Waals surface area contributed by atoms with Gasteiger partial charge in [0, 0.05) is 30.0 Å². The molecule has 144 valence electrons. The Morgan fingerprint density at radius 3 is 2.44 bits per heavy atom. The van der Waals surface area contributed by atoms with E-state index in [0.717, 1.165) is 22.2 Å². The summed E-state index contributed by atoms with van der Waals surface area (Å²) in [6, 6.07) is 12.5. The minimum Gasteiger partial charge on any atom is -0.352 e. The van der Waals surface area contributed by atoms with Gasteiger partial charge in [-0.05, 0) is 54.8 Å². The Labute approximate surface area is 166 Å². The van der Waals surface area contributed by atoms with Gasteiger partial charge in [0.1, 0.15) is 5.82 Å². The second-order valence-corrected chi connectivity index (χ2v) is 9.33. The topological polar surface area (TPSA) is 66.5 Å². The van der Waals surface area contributed by atoms with Crippen molar-refractivity contribution in [3.8, 4) is 0 Å². The molecule has 5 nitrogen and oxygen atoms in total. The third kappa shape index (κ3) is 4.94.